The first-order valence-corrected chi connectivity index (χ1v) is 8.01. The first-order valence-electron chi connectivity index (χ1n) is 8.01. The molecule has 2 fully saturated rings. The van der Waals surface area contributed by atoms with E-state index in [0.717, 1.165) is 36.2 Å². The predicted octanol–water partition coefficient (Wildman–Crippen LogP) is 0.191. The molecule has 0 aromatic carbocycles. The fourth-order valence-corrected chi connectivity index (χ4v) is 3.45. The lowest BCUT2D eigenvalue weighted by Gasteiger charge is -2.33. The number of carbonyl (C=O) groups is 1. The van der Waals surface area contributed by atoms with Gasteiger partial charge in [-0.1, -0.05) is 0 Å². The minimum atomic E-state index is -0.147. The summed E-state index contributed by atoms with van der Waals surface area (Å²) in [6, 6.07) is -0.147. The summed E-state index contributed by atoms with van der Waals surface area (Å²) >= 11 is 0. The molecule has 4 rings (SSSR count). The van der Waals surface area contributed by atoms with Crippen LogP contribution in [0.15, 0.2) is 12.5 Å². The van der Waals surface area contributed by atoms with E-state index in [2.05, 4.69) is 20.0 Å². The maximum atomic E-state index is 12.9. The molecule has 0 radical (unpaired) electrons. The zero-order chi connectivity index (χ0) is 15.8. The number of amides is 1. The van der Waals surface area contributed by atoms with Gasteiger partial charge in [0.25, 0.3) is 0 Å². The Morgan fingerprint density at radius 1 is 1.26 bits per heavy atom. The van der Waals surface area contributed by atoms with E-state index < -0.39 is 0 Å². The van der Waals surface area contributed by atoms with Crippen LogP contribution in [0.4, 0.5) is 5.82 Å². The van der Waals surface area contributed by atoms with Crippen molar-refractivity contribution in [3.8, 4) is 0 Å². The molecule has 0 N–H and O–H groups in total. The molecule has 8 nitrogen and oxygen atoms in total. The molecular weight excluding hydrogens is 296 g/mol. The van der Waals surface area contributed by atoms with Crippen LogP contribution in [0.2, 0.25) is 0 Å². The lowest BCUT2D eigenvalue weighted by atomic mass is 10.1. The standard InChI is InChI=1S/C15H20N6O2/c1-19-13-11(9-18-19)14(17-10-16-13)21-4-2-3-12(21)15(22)20-5-7-23-8-6-20/h9-10,12H,2-8H2,1H3/t12-/m0/s1. The molecule has 2 saturated heterocycles. The summed E-state index contributed by atoms with van der Waals surface area (Å²) in [6.45, 7) is 3.43. The molecule has 8 heteroatoms. The molecule has 0 unspecified atom stereocenters. The molecule has 0 spiro atoms. The number of carbonyl (C=O) groups excluding carboxylic acids is 1. The number of anilines is 1. The van der Waals surface area contributed by atoms with Crippen molar-refractivity contribution in [3.05, 3.63) is 12.5 Å². The minimum absolute atomic E-state index is 0.147. The van der Waals surface area contributed by atoms with E-state index in [1.54, 1.807) is 17.2 Å². The highest BCUT2D eigenvalue weighted by Gasteiger charge is 2.36. The van der Waals surface area contributed by atoms with E-state index >= 15 is 0 Å². The normalized spacial score (nSPS) is 22.0. The summed E-state index contributed by atoms with van der Waals surface area (Å²) in [5.74, 6) is 0.994. The lowest BCUT2D eigenvalue weighted by molar-refractivity contribution is -0.136. The van der Waals surface area contributed by atoms with Crippen molar-refractivity contribution in [3.63, 3.8) is 0 Å². The number of hydrogen-bond donors (Lipinski definition) is 0. The van der Waals surface area contributed by atoms with E-state index in [1.165, 1.54) is 0 Å². The van der Waals surface area contributed by atoms with E-state index in [9.17, 15) is 4.79 Å². The third-order valence-corrected chi connectivity index (χ3v) is 4.64. The highest BCUT2D eigenvalue weighted by Crippen LogP contribution is 2.30. The van der Waals surface area contributed by atoms with Crippen molar-refractivity contribution in [2.75, 3.05) is 37.7 Å². The molecule has 2 aromatic rings. The van der Waals surface area contributed by atoms with Crippen LogP contribution in [-0.2, 0) is 16.6 Å². The largest absolute Gasteiger partial charge is 0.378 e. The number of ether oxygens (including phenoxy) is 1. The Morgan fingerprint density at radius 3 is 2.91 bits per heavy atom. The Labute approximate surface area is 134 Å². The average Bonchev–Trinajstić information content (AvgIpc) is 3.22. The molecule has 2 aromatic heterocycles. The fraction of sp³-hybridized carbons (Fsp3) is 0.600. The Morgan fingerprint density at radius 2 is 2.09 bits per heavy atom. The fourth-order valence-electron chi connectivity index (χ4n) is 3.45. The highest BCUT2D eigenvalue weighted by molar-refractivity contribution is 5.92. The van der Waals surface area contributed by atoms with Crippen LogP contribution in [0.3, 0.4) is 0 Å². The van der Waals surface area contributed by atoms with Gasteiger partial charge in [-0.15, -0.1) is 0 Å². The summed E-state index contributed by atoms with van der Waals surface area (Å²) in [5, 5.41) is 5.16. The molecule has 122 valence electrons. The summed E-state index contributed by atoms with van der Waals surface area (Å²) in [7, 11) is 1.86. The van der Waals surface area contributed by atoms with Crippen molar-refractivity contribution >= 4 is 22.8 Å². The van der Waals surface area contributed by atoms with Gasteiger partial charge in [0.2, 0.25) is 5.91 Å². The van der Waals surface area contributed by atoms with Gasteiger partial charge in [0.05, 0.1) is 24.8 Å². The number of aryl methyl sites for hydroxylation is 1. The lowest BCUT2D eigenvalue weighted by Crippen LogP contribution is -2.50. The molecule has 0 aliphatic carbocycles. The minimum Gasteiger partial charge on any atom is -0.378 e. The van der Waals surface area contributed by atoms with Crippen molar-refractivity contribution in [2.45, 2.75) is 18.9 Å². The number of morpholine rings is 1. The third-order valence-electron chi connectivity index (χ3n) is 4.64. The second kappa shape index (κ2) is 5.77. The van der Waals surface area contributed by atoms with Crippen molar-refractivity contribution < 1.29 is 9.53 Å². The van der Waals surface area contributed by atoms with Crippen molar-refractivity contribution in [1.82, 2.24) is 24.6 Å². The number of hydrogen-bond acceptors (Lipinski definition) is 6. The van der Waals surface area contributed by atoms with Gasteiger partial charge in [-0.05, 0) is 12.8 Å². The van der Waals surface area contributed by atoms with Gasteiger partial charge in [0.1, 0.15) is 18.2 Å². The Kier molecular flexibility index (Phi) is 3.60. The van der Waals surface area contributed by atoms with E-state index in [0.29, 0.717) is 26.3 Å². The SMILES string of the molecule is Cn1ncc2c(N3CCC[C@H]3C(=O)N3CCOCC3)ncnc21. The van der Waals surface area contributed by atoms with Crippen LogP contribution in [-0.4, -0.2) is 69.4 Å². The van der Waals surface area contributed by atoms with Crippen molar-refractivity contribution in [1.29, 1.82) is 0 Å². The summed E-state index contributed by atoms with van der Waals surface area (Å²) < 4.78 is 7.08. The zero-order valence-electron chi connectivity index (χ0n) is 13.2. The van der Waals surface area contributed by atoms with Crippen LogP contribution in [0.5, 0.6) is 0 Å². The smallest absolute Gasteiger partial charge is 0.245 e. The Balaban J connectivity index is 1.65. The van der Waals surface area contributed by atoms with Gasteiger partial charge in [0, 0.05) is 26.7 Å². The van der Waals surface area contributed by atoms with Crippen LogP contribution in [0.25, 0.3) is 11.0 Å². The molecule has 4 heterocycles. The van der Waals surface area contributed by atoms with Gasteiger partial charge >= 0.3 is 0 Å². The Hall–Kier alpha value is -2.22. The second-order valence-corrected chi connectivity index (χ2v) is 5.99. The molecular formula is C15H20N6O2. The van der Waals surface area contributed by atoms with E-state index in [1.807, 2.05) is 11.9 Å². The van der Waals surface area contributed by atoms with Crippen molar-refractivity contribution in [2.24, 2.45) is 7.05 Å². The summed E-state index contributed by atoms with van der Waals surface area (Å²) in [5.41, 5.74) is 0.791. The molecule has 2 aliphatic rings. The molecule has 0 saturated carbocycles. The van der Waals surface area contributed by atoms with E-state index in [4.69, 9.17) is 4.74 Å². The molecule has 1 amide bonds. The summed E-state index contributed by atoms with van der Waals surface area (Å²) in [6.07, 6.45) is 5.18. The van der Waals surface area contributed by atoms with Crippen LogP contribution in [0, 0.1) is 0 Å². The van der Waals surface area contributed by atoms with Gasteiger partial charge < -0.3 is 14.5 Å². The monoisotopic (exact) mass is 316 g/mol. The topological polar surface area (TPSA) is 76.4 Å². The molecule has 0 bridgehead atoms. The molecule has 2 aliphatic heterocycles. The predicted molar refractivity (Wildman–Crippen MR) is 84.1 cm³/mol. The second-order valence-electron chi connectivity index (χ2n) is 5.99. The molecule has 1 atom stereocenters. The third kappa shape index (κ3) is 2.42. The van der Waals surface area contributed by atoms with Crippen LogP contribution >= 0.6 is 0 Å². The zero-order valence-corrected chi connectivity index (χ0v) is 13.2. The summed E-state index contributed by atoms with van der Waals surface area (Å²) in [4.78, 5) is 25.6. The first-order chi connectivity index (χ1) is 11.3. The number of fused-ring (bicyclic) bond motifs is 1. The first kappa shape index (κ1) is 14.4. The number of nitrogens with zero attached hydrogens (tertiary/aromatic N) is 6. The quantitative estimate of drug-likeness (QED) is 0.787. The molecule has 23 heavy (non-hydrogen) atoms. The van der Waals surface area contributed by atoms with Crippen LogP contribution in [0.1, 0.15) is 12.8 Å². The van der Waals surface area contributed by atoms with Gasteiger partial charge in [-0.3, -0.25) is 9.48 Å². The number of rotatable bonds is 2. The average molecular weight is 316 g/mol. The van der Waals surface area contributed by atoms with Gasteiger partial charge in [0.15, 0.2) is 5.65 Å². The highest BCUT2D eigenvalue weighted by atomic mass is 16.5. The van der Waals surface area contributed by atoms with Gasteiger partial charge in [-0.2, -0.15) is 5.10 Å². The Bertz CT molecular complexity index is 724. The van der Waals surface area contributed by atoms with Gasteiger partial charge in [-0.25, -0.2) is 9.97 Å². The maximum absolute atomic E-state index is 12.9. The van der Waals surface area contributed by atoms with E-state index in [-0.39, 0.29) is 11.9 Å². The van der Waals surface area contributed by atoms with Crippen LogP contribution < -0.4 is 4.90 Å². The number of aromatic nitrogens is 4. The maximum Gasteiger partial charge on any atom is 0.245 e.